The third-order valence-electron chi connectivity index (χ3n) is 4.77. The number of amides is 2. The van der Waals surface area contributed by atoms with Gasteiger partial charge in [0.15, 0.2) is 5.96 Å². The van der Waals surface area contributed by atoms with Crippen molar-refractivity contribution < 1.29 is 14.0 Å². The fourth-order valence-corrected chi connectivity index (χ4v) is 3.28. The lowest BCUT2D eigenvalue weighted by atomic mass is 10.1. The fourth-order valence-electron chi connectivity index (χ4n) is 3.28. The van der Waals surface area contributed by atoms with Crippen LogP contribution in [0.1, 0.15) is 12.0 Å². The molecule has 2 aromatic carbocycles. The molecule has 8 heteroatoms. The third kappa shape index (κ3) is 6.04. The number of nitrogens with zero attached hydrogens (tertiary/aromatic N) is 2. The lowest BCUT2D eigenvalue weighted by molar-refractivity contribution is -0.120. The van der Waals surface area contributed by atoms with E-state index in [0.717, 1.165) is 11.3 Å². The molecule has 7 nitrogen and oxygen atoms in total. The molecule has 1 heterocycles. The summed E-state index contributed by atoms with van der Waals surface area (Å²) in [6.07, 6.45) is 0.594. The van der Waals surface area contributed by atoms with Gasteiger partial charge < -0.3 is 20.9 Å². The second kappa shape index (κ2) is 10.4. The largest absolute Gasteiger partial charge is 0.355 e. The minimum Gasteiger partial charge on any atom is -0.355 e. The normalized spacial score (nSPS) is 16.5. The summed E-state index contributed by atoms with van der Waals surface area (Å²) in [5.41, 5.74) is 1.65. The van der Waals surface area contributed by atoms with Crippen LogP contribution in [0.15, 0.2) is 59.6 Å². The molecule has 3 N–H and O–H groups in total. The quantitative estimate of drug-likeness (QED) is 0.366. The second-order valence-corrected chi connectivity index (χ2v) is 7.04. The molecule has 3 rings (SSSR count). The Kier molecular flexibility index (Phi) is 7.37. The molecule has 0 saturated carbocycles. The molecule has 30 heavy (non-hydrogen) atoms. The van der Waals surface area contributed by atoms with E-state index < -0.39 is 0 Å². The molecule has 1 unspecified atom stereocenters. The molecular formula is C22H26FN5O2. The van der Waals surface area contributed by atoms with Gasteiger partial charge in [0.2, 0.25) is 11.8 Å². The van der Waals surface area contributed by atoms with Crippen molar-refractivity contribution in [1.29, 1.82) is 0 Å². The minimum absolute atomic E-state index is 0.0445. The van der Waals surface area contributed by atoms with Crippen LogP contribution in [-0.4, -0.2) is 50.5 Å². The summed E-state index contributed by atoms with van der Waals surface area (Å²) >= 11 is 0. The third-order valence-corrected chi connectivity index (χ3v) is 4.77. The van der Waals surface area contributed by atoms with Gasteiger partial charge in [-0.15, -0.1) is 0 Å². The number of anilines is 1. The lowest BCUT2D eigenvalue weighted by Gasteiger charge is -2.19. The number of aliphatic imine (C=N–C) groups is 1. The first-order valence-corrected chi connectivity index (χ1v) is 9.89. The van der Waals surface area contributed by atoms with Crippen LogP contribution in [0.25, 0.3) is 0 Å². The average molecular weight is 411 g/mol. The Hall–Kier alpha value is -3.42. The van der Waals surface area contributed by atoms with Crippen molar-refractivity contribution in [2.24, 2.45) is 4.99 Å². The summed E-state index contributed by atoms with van der Waals surface area (Å²) in [4.78, 5) is 30.2. The first kappa shape index (κ1) is 21.3. The van der Waals surface area contributed by atoms with Gasteiger partial charge in [0, 0.05) is 38.8 Å². The topological polar surface area (TPSA) is 85.8 Å². The van der Waals surface area contributed by atoms with E-state index >= 15 is 0 Å². The van der Waals surface area contributed by atoms with Crippen LogP contribution in [0.3, 0.4) is 0 Å². The number of carbonyl (C=O) groups excluding carboxylic acids is 2. The van der Waals surface area contributed by atoms with E-state index in [1.54, 1.807) is 24.1 Å². The maximum absolute atomic E-state index is 12.9. The van der Waals surface area contributed by atoms with Crippen LogP contribution in [0.4, 0.5) is 10.1 Å². The van der Waals surface area contributed by atoms with Gasteiger partial charge in [0.05, 0.1) is 12.5 Å². The molecule has 1 fully saturated rings. The number of halogens is 1. The number of guanidine groups is 1. The van der Waals surface area contributed by atoms with Gasteiger partial charge in [-0.05, 0) is 29.8 Å². The Balaban J connectivity index is 1.38. The van der Waals surface area contributed by atoms with Crippen LogP contribution in [-0.2, 0) is 16.0 Å². The van der Waals surface area contributed by atoms with E-state index in [9.17, 15) is 14.0 Å². The predicted molar refractivity (Wildman–Crippen MR) is 115 cm³/mol. The standard InChI is InChI=1S/C22H26FN5O2/c1-24-22(26-12-11-25-20(29)13-16-7-9-17(23)10-8-16)27-18-14-21(30)28(15-18)19-5-3-2-4-6-19/h2-10,18H,11-15H2,1H3,(H,25,29)(H2,24,26,27). The molecule has 0 aliphatic carbocycles. The highest BCUT2D eigenvalue weighted by molar-refractivity contribution is 5.97. The smallest absolute Gasteiger partial charge is 0.229 e. The number of hydrogen-bond acceptors (Lipinski definition) is 3. The zero-order valence-electron chi connectivity index (χ0n) is 16.9. The van der Waals surface area contributed by atoms with Gasteiger partial charge in [-0.1, -0.05) is 30.3 Å². The van der Waals surface area contributed by atoms with E-state index in [1.165, 1.54) is 12.1 Å². The average Bonchev–Trinajstić information content (AvgIpc) is 3.12. The van der Waals surface area contributed by atoms with E-state index in [4.69, 9.17) is 0 Å². The van der Waals surface area contributed by atoms with Crippen LogP contribution in [0.2, 0.25) is 0 Å². The first-order valence-electron chi connectivity index (χ1n) is 9.89. The highest BCUT2D eigenvalue weighted by Gasteiger charge is 2.30. The van der Waals surface area contributed by atoms with Crippen LogP contribution >= 0.6 is 0 Å². The first-order chi connectivity index (χ1) is 14.5. The van der Waals surface area contributed by atoms with Gasteiger partial charge in [0.25, 0.3) is 0 Å². The molecule has 0 spiro atoms. The van der Waals surface area contributed by atoms with Crippen molar-refractivity contribution in [3.63, 3.8) is 0 Å². The van der Waals surface area contributed by atoms with Crippen molar-refractivity contribution in [3.05, 3.63) is 66.0 Å². The molecule has 2 amide bonds. The lowest BCUT2D eigenvalue weighted by Crippen LogP contribution is -2.46. The Morgan fingerprint density at radius 3 is 2.50 bits per heavy atom. The van der Waals surface area contributed by atoms with Crippen molar-refractivity contribution in [1.82, 2.24) is 16.0 Å². The summed E-state index contributed by atoms with van der Waals surface area (Å²) in [6.45, 7) is 1.47. The molecule has 158 valence electrons. The molecule has 1 atom stereocenters. The van der Waals surface area contributed by atoms with Gasteiger partial charge in [0.1, 0.15) is 5.82 Å². The maximum atomic E-state index is 12.9. The van der Waals surface area contributed by atoms with Crippen LogP contribution in [0.5, 0.6) is 0 Å². The predicted octanol–water partition coefficient (Wildman–Crippen LogP) is 1.45. The maximum Gasteiger partial charge on any atom is 0.229 e. The fraction of sp³-hybridized carbons (Fsp3) is 0.318. The van der Waals surface area contributed by atoms with Crippen LogP contribution < -0.4 is 20.9 Å². The molecule has 0 aromatic heterocycles. The molecule has 1 aliphatic heterocycles. The van der Waals surface area contributed by atoms with Crippen molar-refractivity contribution in [2.75, 3.05) is 31.6 Å². The van der Waals surface area contributed by atoms with E-state index in [2.05, 4.69) is 20.9 Å². The monoisotopic (exact) mass is 411 g/mol. The molecule has 0 bridgehead atoms. The van der Waals surface area contributed by atoms with Gasteiger partial charge >= 0.3 is 0 Å². The zero-order valence-corrected chi connectivity index (χ0v) is 16.9. The van der Waals surface area contributed by atoms with Crippen molar-refractivity contribution in [3.8, 4) is 0 Å². The number of nitrogens with one attached hydrogen (secondary N) is 3. The number of rotatable bonds is 7. The minimum atomic E-state index is -0.321. The number of para-hydroxylation sites is 1. The van der Waals surface area contributed by atoms with Crippen molar-refractivity contribution in [2.45, 2.75) is 18.9 Å². The van der Waals surface area contributed by atoms with Gasteiger partial charge in [-0.25, -0.2) is 4.39 Å². The molecule has 2 aromatic rings. The van der Waals surface area contributed by atoms with Crippen molar-refractivity contribution >= 4 is 23.5 Å². The van der Waals surface area contributed by atoms with E-state index in [1.807, 2.05) is 30.3 Å². The van der Waals surface area contributed by atoms with E-state index in [-0.39, 0.29) is 30.1 Å². The Bertz CT molecular complexity index is 886. The Morgan fingerprint density at radius 2 is 1.80 bits per heavy atom. The summed E-state index contributed by atoms with van der Waals surface area (Å²) in [7, 11) is 1.66. The number of benzene rings is 2. The molecular weight excluding hydrogens is 385 g/mol. The summed E-state index contributed by atoms with van der Waals surface area (Å²) < 4.78 is 12.9. The highest BCUT2D eigenvalue weighted by Crippen LogP contribution is 2.20. The van der Waals surface area contributed by atoms with Gasteiger partial charge in [-0.3, -0.25) is 14.6 Å². The number of hydrogen-bond donors (Lipinski definition) is 3. The SMILES string of the molecule is CN=C(NCCNC(=O)Cc1ccc(F)cc1)NC1CC(=O)N(c2ccccc2)C1. The van der Waals surface area contributed by atoms with E-state index in [0.29, 0.717) is 32.0 Å². The Morgan fingerprint density at radius 1 is 1.10 bits per heavy atom. The van der Waals surface area contributed by atoms with Gasteiger partial charge in [-0.2, -0.15) is 0 Å². The summed E-state index contributed by atoms with van der Waals surface area (Å²) in [6, 6.07) is 15.4. The molecule has 1 saturated heterocycles. The second-order valence-electron chi connectivity index (χ2n) is 7.04. The number of carbonyl (C=O) groups is 2. The molecule has 1 aliphatic rings. The molecule has 0 radical (unpaired) electrons. The summed E-state index contributed by atoms with van der Waals surface area (Å²) in [5.74, 6) is 0.196. The Labute approximate surface area is 175 Å². The summed E-state index contributed by atoms with van der Waals surface area (Å²) in [5, 5.41) is 9.21. The zero-order chi connectivity index (χ0) is 21.3. The van der Waals surface area contributed by atoms with Crippen LogP contribution in [0, 0.1) is 5.82 Å². The highest BCUT2D eigenvalue weighted by atomic mass is 19.1.